The van der Waals surface area contributed by atoms with Crippen molar-refractivity contribution < 1.29 is 0 Å². The number of hydrogen-bond donors (Lipinski definition) is 0. The largest absolute Gasteiger partial charge is 0.307 e. The molecule has 0 N–H and O–H groups in total. The second-order valence-electron chi connectivity index (χ2n) is 10.5. The third-order valence-electron chi connectivity index (χ3n) is 7.38. The summed E-state index contributed by atoms with van der Waals surface area (Å²) in [6.45, 7) is 23.3. The van der Waals surface area contributed by atoms with Crippen molar-refractivity contribution in [2.75, 3.05) is 0 Å². The van der Waals surface area contributed by atoms with Crippen LogP contribution in [-0.2, 0) is 0 Å². The Morgan fingerprint density at radius 1 is 0.812 bits per heavy atom. The second kappa shape index (κ2) is 6.83. The first-order valence-corrected chi connectivity index (χ1v) is 15.1. The second-order valence-corrected chi connectivity index (χ2v) is 15.5. The minimum Gasteiger partial charge on any atom is -0.307 e. The van der Waals surface area contributed by atoms with Crippen LogP contribution in [0.2, 0.25) is 19.6 Å². The van der Waals surface area contributed by atoms with Gasteiger partial charge in [0.2, 0.25) is 0 Å². The molecule has 5 aromatic rings. The summed E-state index contributed by atoms with van der Waals surface area (Å²) in [5.74, 6) is 0. The zero-order valence-electron chi connectivity index (χ0n) is 20.7. The lowest BCUT2D eigenvalue weighted by Gasteiger charge is -2.24. The highest BCUT2D eigenvalue weighted by atomic mass is 28.3. The normalized spacial score (nSPS) is 13.3. The first-order valence-electron chi connectivity index (χ1n) is 11.6. The van der Waals surface area contributed by atoms with Gasteiger partial charge in [-0.2, -0.15) is 0 Å². The number of nitrogens with zero attached hydrogens (tertiary/aromatic N) is 1. The smallest absolute Gasteiger partial charge is 0.0779 e. The first kappa shape index (κ1) is 21.0. The average molecular weight is 436 g/mol. The summed E-state index contributed by atoms with van der Waals surface area (Å²) in [5.41, 5.74) is 10.7. The molecule has 162 valence electrons. The molecule has 0 aliphatic rings. The van der Waals surface area contributed by atoms with E-state index in [0.29, 0.717) is 0 Å². The minimum atomic E-state index is -1.55. The summed E-state index contributed by atoms with van der Waals surface area (Å²) in [5, 5.41) is 7.99. The molecule has 0 saturated carbocycles. The molecule has 0 radical (unpaired) electrons. The number of pyridine rings is 1. The van der Waals surface area contributed by atoms with E-state index >= 15 is 0 Å². The highest BCUT2D eigenvalue weighted by Gasteiger charge is 2.26. The fourth-order valence-corrected chi connectivity index (χ4v) is 7.81. The van der Waals surface area contributed by atoms with Crippen molar-refractivity contribution in [3.05, 3.63) is 75.5 Å². The van der Waals surface area contributed by atoms with Gasteiger partial charge in [-0.25, -0.2) is 0 Å². The maximum absolute atomic E-state index is 4.75. The molecule has 0 amide bonds. The summed E-state index contributed by atoms with van der Waals surface area (Å²) >= 11 is 0. The number of rotatable bonds is 2. The fraction of sp³-hybridized carbons (Fsp3) is 0.267. The summed E-state index contributed by atoms with van der Waals surface area (Å²) in [6.07, 6.45) is 2.35. The summed E-state index contributed by atoms with van der Waals surface area (Å²) in [6, 6.07) is 13.8. The SMILES string of the molecule is C=c1c2c(C)c(C)cc(C)c2n2c3c(C)cccc3c3ccc(/C(=C\C)[Si](C)(C)C)c1c32. The van der Waals surface area contributed by atoms with Gasteiger partial charge in [0, 0.05) is 21.5 Å². The van der Waals surface area contributed by atoms with E-state index in [1.807, 2.05) is 0 Å². The summed E-state index contributed by atoms with van der Waals surface area (Å²) < 4.78 is 2.56. The zero-order chi connectivity index (χ0) is 23.1. The van der Waals surface area contributed by atoms with Crippen molar-refractivity contribution in [3.8, 4) is 0 Å². The molecule has 2 heterocycles. The lowest BCUT2D eigenvalue weighted by Crippen LogP contribution is -2.24. The Bertz CT molecular complexity index is 1660. The standard InChI is InChI=1S/C30H33NSi/c1-10-25(32(7,8)9)24-15-14-23-22-13-11-12-17(2)28(22)31-29-19(4)16-18(3)20(5)26(29)21(6)27(24)30(23)31/h10-16H,6H2,1-5,7-9H3/b25-10+. The zero-order valence-corrected chi connectivity index (χ0v) is 21.7. The van der Waals surface area contributed by atoms with Crippen LogP contribution in [0, 0.1) is 27.7 Å². The fourth-order valence-electron chi connectivity index (χ4n) is 5.93. The predicted octanol–water partition coefficient (Wildman–Crippen LogP) is 8.04. The molecular formula is C30H33NSi. The first-order chi connectivity index (χ1) is 15.1. The van der Waals surface area contributed by atoms with Gasteiger partial charge in [-0.05, 0) is 67.7 Å². The molecule has 0 aliphatic heterocycles. The van der Waals surface area contributed by atoms with Crippen LogP contribution in [0.1, 0.15) is 34.7 Å². The number of aromatic nitrogens is 1. The van der Waals surface area contributed by atoms with Crippen molar-refractivity contribution in [1.29, 1.82) is 0 Å². The van der Waals surface area contributed by atoms with E-state index in [1.165, 1.54) is 76.3 Å². The van der Waals surface area contributed by atoms with Crippen LogP contribution in [0.15, 0.2) is 42.5 Å². The van der Waals surface area contributed by atoms with Crippen LogP contribution < -0.4 is 5.22 Å². The Hall–Kier alpha value is -2.84. The van der Waals surface area contributed by atoms with Gasteiger partial charge in [-0.15, -0.1) is 0 Å². The topological polar surface area (TPSA) is 4.41 Å². The maximum Gasteiger partial charge on any atom is 0.0779 e. The highest BCUT2D eigenvalue weighted by molar-refractivity contribution is 6.93. The number of aryl methyl sites for hydroxylation is 4. The van der Waals surface area contributed by atoms with E-state index in [1.54, 1.807) is 0 Å². The van der Waals surface area contributed by atoms with Gasteiger partial charge in [0.15, 0.2) is 0 Å². The van der Waals surface area contributed by atoms with Gasteiger partial charge in [-0.3, -0.25) is 0 Å². The van der Waals surface area contributed by atoms with E-state index in [0.717, 1.165) is 0 Å². The predicted molar refractivity (Wildman–Crippen MR) is 147 cm³/mol. The lowest BCUT2D eigenvalue weighted by molar-refractivity contribution is 1.25. The molecule has 32 heavy (non-hydrogen) atoms. The molecule has 0 spiro atoms. The number of benzene rings is 3. The molecule has 0 aliphatic carbocycles. The average Bonchev–Trinajstić information content (AvgIpc) is 3.05. The van der Waals surface area contributed by atoms with Crippen LogP contribution >= 0.6 is 0 Å². The van der Waals surface area contributed by atoms with Crippen LogP contribution in [0.25, 0.3) is 49.9 Å². The Labute approximate surface area is 192 Å². The van der Waals surface area contributed by atoms with Gasteiger partial charge in [-0.1, -0.05) is 73.9 Å². The quantitative estimate of drug-likeness (QED) is 0.195. The minimum absolute atomic E-state index is 1.18. The lowest BCUT2D eigenvalue weighted by atomic mass is 9.94. The van der Waals surface area contributed by atoms with Crippen molar-refractivity contribution in [1.82, 2.24) is 4.40 Å². The van der Waals surface area contributed by atoms with E-state index < -0.39 is 8.07 Å². The van der Waals surface area contributed by atoms with Gasteiger partial charge in [0.1, 0.15) is 0 Å². The van der Waals surface area contributed by atoms with Crippen LogP contribution in [0.3, 0.4) is 0 Å². The monoisotopic (exact) mass is 435 g/mol. The third kappa shape index (κ3) is 2.62. The van der Waals surface area contributed by atoms with Gasteiger partial charge >= 0.3 is 0 Å². The number of fused-ring (bicyclic) bond motifs is 5. The maximum atomic E-state index is 4.75. The van der Waals surface area contributed by atoms with E-state index in [2.05, 4.69) is 101 Å². The number of para-hydroxylation sites is 1. The molecule has 2 aromatic heterocycles. The molecule has 0 fully saturated rings. The molecule has 0 atom stereocenters. The van der Waals surface area contributed by atoms with E-state index in [-0.39, 0.29) is 0 Å². The molecule has 2 heteroatoms. The van der Waals surface area contributed by atoms with Crippen molar-refractivity contribution in [2.24, 2.45) is 0 Å². The van der Waals surface area contributed by atoms with Crippen molar-refractivity contribution in [2.45, 2.75) is 54.3 Å². The van der Waals surface area contributed by atoms with Crippen LogP contribution in [-0.4, -0.2) is 12.5 Å². The van der Waals surface area contributed by atoms with E-state index in [9.17, 15) is 0 Å². The number of hydrogen-bond acceptors (Lipinski definition) is 0. The Balaban J connectivity index is 2.24. The van der Waals surface area contributed by atoms with Crippen molar-refractivity contribution >= 4 is 57.9 Å². The molecule has 5 rings (SSSR count). The summed E-state index contributed by atoms with van der Waals surface area (Å²) in [7, 11) is -1.55. The van der Waals surface area contributed by atoms with Gasteiger partial charge < -0.3 is 4.40 Å². The Morgan fingerprint density at radius 3 is 2.16 bits per heavy atom. The van der Waals surface area contributed by atoms with Gasteiger partial charge in [0.05, 0.1) is 24.6 Å². The number of allylic oxidation sites excluding steroid dienone is 1. The van der Waals surface area contributed by atoms with Crippen molar-refractivity contribution in [3.63, 3.8) is 0 Å². The molecule has 0 saturated heterocycles. The molecule has 0 unspecified atom stereocenters. The third-order valence-corrected chi connectivity index (χ3v) is 9.55. The molecule has 1 nitrogen and oxygen atoms in total. The highest BCUT2D eigenvalue weighted by Crippen LogP contribution is 2.40. The summed E-state index contributed by atoms with van der Waals surface area (Å²) in [4.78, 5) is 0. The molecule has 0 bridgehead atoms. The van der Waals surface area contributed by atoms with E-state index in [4.69, 9.17) is 6.58 Å². The Morgan fingerprint density at radius 2 is 1.50 bits per heavy atom. The molecular weight excluding hydrogens is 402 g/mol. The van der Waals surface area contributed by atoms with Crippen LogP contribution in [0.4, 0.5) is 0 Å². The van der Waals surface area contributed by atoms with Crippen LogP contribution in [0.5, 0.6) is 0 Å². The molecule has 3 aromatic carbocycles. The van der Waals surface area contributed by atoms with Gasteiger partial charge in [0.25, 0.3) is 0 Å². The Kier molecular flexibility index (Phi) is 4.48.